The van der Waals surface area contributed by atoms with Gasteiger partial charge < -0.3 is 15.4 Å². The minimum Gasteiger partial charge on any atom is -0.383 e. The second kappa shape index (κ2) is 6.71. The van der Waals surface area contributed by atoms with Gasteiger partial charge in [0.05, 0.1) is 6.61 Å². The van der Waals surface area contributed by atoms with Gasteiger partial charge in [0.1, 0.15) is 5.82 Å². The zero-order valence-electron chi connectivity index (χ0n) is 11.6. The molecule has 102 valence electrons. The van der Waals surface area contributed by atoms with E-state index in [9.17, 15) is 4.39 Å². The third-order valence-electron chi connectivity index (χ3n) is 3.08. The molecule has 0 bridgehead atoms. The van der Waals surface area contributed by atoms with Crippen molar-refractivity contribution >= 4 is 5.69 Å². The van der Waals surface area contributed by atoms with E-state index in [-0.39, 0.29) is 17.9 Å². The molecule has 2 atom stereocenters. The van der Waals surface area contributed by atoms with Gasteiger partial charge in [-0.15, -0.1) is 0 Å². The lowest BCUT2D eigenvalue weighted by molar-refractivity contribution is 0.182. The molecule has 0 radical (unpaired) electrons. The van der Waals surface area contributed by atoms with Crippen LogP contribution < -0.4 is 10.6 Å². The van der Waals surface area contributed by atoms with Gasteiger partial charge in [-0.05, 0) is 32.9 Å². The zero-order valence-corrected chi connectivity index (χ0v) is 11.6. The number of benzene rings is 1. The predicted molar refractivity (Wildman–Crippen MR) is 73.4 cm³/mol. The summed E-state index contributed by atoms with van der Waals surface area (Å²) < 4.78 is 19.1. The van der Waals surface area contributed by atoms with Crippen LogP contribution in [0, 0.1) is 5.82 Å². The molecule has 2 N–H and O–H groups in total. The zero-order chi connectivity index (χ0) is 13.7. The molecule has 0 amide bonds. The van der Waals surface area contributed by atoms with Crippen LogP contribution >= 0.6 is 0 Å². The van der Waals surface area contributed by atoms with E-state index in [1.165, 1.54) is 6.07 Å². The molecule has 18 heavy (non-hydrogen) atoms. The Morgan fingerprint density at radius 3 is 2.56 bits per heavy atom. The number of anilines is 1. The Morgan fingerprint density at radius 2 is 2.06 bits per heavy atom. The minimum atomic E-state index is -0.329. The van der Waals surface area contributed by atoms with Gasteiger partial charge in [0.2, 0.25) is 0 Å². The molecule has 0 aromatic heterocycles. The Hall–Kier alpha value is -1.13. The molecule has 0 aliphatic rings. The number of nitrogens with two attached hydrogens (primary N) is 1. The summed E-state index contributed by atoms with van der Waals surface area (Å²) in [7, 11) is 1.67. The average Bonchev–Trinajstić information content (AvgIpc) is 2.29. The lowest BCUT2D eigenvalue weighted by atomic mass is 10.0. The molecule has 4 heteroatoms. The van der Waals surface area contributed by atoms with Crippen LogP contribution in [0.1, 0.15) is 32.4 Å². The van der Waals surface area contributed by atoms with Gasteiger partial charge in [-0.2, -0.15) is 0 Å². The van der Waals surface area contributed by atoms with Crippen LogP contribution in [-0.4, -0.2) is 26.3 Å². The Bertz CT molecular complexity index is 382. The van der Waals surface area contributed by atoms with Gasteiger partial charge in [0, 0.05) is 37.0 Å². The third kappa shape index (κ3) is 3.21. The third-order valence-corrected chi connectivity index (χ3v) is 3.08. The van der Waals surface area contributed by atoms with Gasteiger partial charge >= 0.3 is 0 Å². The van der Waals surface area contributed by atoms with E-state index in [4.69, 9.17) is 10.5 Å². The van der Waals surface area contributed by atoms with Crippen molar-refractivity contribution in [1.29, 1.82) is 0 Å². The lowest BCUT2D eigenvalue weighted by Crippen LogP contribution is -2.37. The number of hydrogen-bond donors (Lipinski definition) is 1. The first-order chi connectivity index (χ1) is 8.52. The van der Waals surface area contributed by atoms with E-state index in [0.717, 1.165) is 12.2 Å². The fraction of sp³-hybridized carbons (Fsp3) is 0.571. The number of halogens is 1. The molecule has 3 nitrogen and oxygen atoms in total. The van der Waals surface area contributed by atoms with Crippen molar-refractivity contribution in [3.05, 3.63) is 29.6 Å². The van der Waals surface area contributed by atoms with E-state index in [1.54, 1.807) is 20.1 Å². The highest BCUT2D eigenvalue weighted by Gasteiger charge is 2.20. The minimum absolute atomic E-state index is 0.180. The Labute approximate surface area is 109 Å². The van der Waals surface area contributed by atoms with Gasteiger partial charge in [-0.3, -0.25) is 0 Å². The maximum atomic E-state index is 13.9. The van der Waals surface area contributed by atoms with Crippen LogP contribution in [-0.2, 0) is 4.74 Å². The maximum Gasteiger partial charge on any atom is 0.130 e. The van der Waals surface area contributed by atoms with Crippen molar-refractivity contribution in [2.75, 3.05) is 25.2 Å². The first kappa shape index (κ1) is 14.9. The highest BCUT2D eigenvalue weighted by Crippen LogP contribution is 2.29. The smallest absolute Gasteiger partial charge is 0.130 e. The molecule has 0 aliphatic carbocycles. The first-order valence-corrected chi connectivity index (χ1v) is 6.32. The highest BCUT2D eigenvalue weighted by atomic mass is 19.1. The fourth-order valence-electron chi connectivity index (χ4n) is 2.28. The van der Waals surface area contributed by atoms with Crippen molar-refractivity contribution in [1.82, 2.24) is 0 Å². The van der Waals surface area contributed by atoms with Gasteiger partial charge in [-0.1, -0.05) is 6.07 Å². The number of rotatable bonds is 6. The summed E-state index contributed by atoms with van der Waals surface area (Å²) in [5.41, 5.74) is 7.31. The summed E-state index contributed by atoms with van der Waals surface area (Å²) >= 11 is 0. The Kier molecular flexibility index (Phi) is 5.56. The average molecular weight is 254 g/mol. The molecule has 0 saturated heterocycles. The topological polar surface area (TPSA) is 38.5 Å². The van der Waals surface area contributed by atoms with Gasteiger partial charge in [-0.25, -0.2) is 4.39 Å². The fourth-order valence-corrected chi connectivity index (χ4v) is 2.28. The number of methoxy groups -OCH3 is 1. The van der Waals surface area contributed by atoms with Crippen molar-refractivity contribution in [3.8, 4) is 0 Å². The summed E-state index contributed by atoms with van der Waals surface area (Å²) in [6.07, 6.45) is 0. The number of likely N-dealkylation sites (N-methyl/N-ethyl adjacent to an activating group) is 1. The van der Waals surface area contributed by atoms with Crippen LogP contribution in [0.15, 0.2) is 18.2 Å². The molecule has 0 fully saturated rings. The summed E-state index contributed by atoms with van der Waals surface area (Å²) in [6.45, 7) is 7.29. The van der Waals surface area contributed by atoms with E-state index in [2.05, 4.69) is 11.8 Å². The van der Waals surface area contributed by atoms with Crippen molar-refractivity contribution in [2.45, 2.75) is 32.9 Å². The van der Waals surface area contributed by atoms with Crippen molar-refractivity contribution in [3.63, 3.8) is 0 Å². The molecule has 2 unspecified atom stereocenters. The second-order valence-corrected chi connectivity index (χ2v) is 4.55. The standard InChI is InChI=1S/C14H23FN2O/c1-5-17(10(2)9-18-4)13-8-6-7-12(15)14(13)11(3)16/h6-8,10-11H,5,9,16H2,1-4H3. The van der Waals surface area contributed by atoms with Crippen LogP contribution in [0.25, 0.3) is 0 Å². The number of hydrogen-bond acceptors (Lipinski definition) is 3. The normalized spacial score (nSPS) is 14.3. The van der Waals surface area contributed by atoms with Crippen LogP contribution in [0.5, 0.6) is 0 Å². The van der Waals surface area contributed by atoms with Gasteiger partial charge in [0.25, 0.3) is 0 Å². The second-order valence-electron chi connectivity index (χ2n) is 4.55. The SMILES string of the molecule is CCN(c1cccc(F)c1C(C)N)C(C)COC. The number of nitrogens with zero attached hydrogens (tertiary/aromatic N) is 1. The van der Waals surface area contributed by atoms with E-state index in [1.807, 2.05) is 13.0 Å². The highest BCUT2D eigenvalue weighted by molar-refractivity contribution is 5.56. The van der Waals surface area contributed by atoms with Crippen LogP contribution in [0.3, 0.4) is 0 Å². The lowest BCUT2D eigenvalue weighted by Gasteiger charge is -2.32. The first-order valence-electron chi connectivity index (χ1n) is 6.32. The van der Waals surface area contributed by atoms with Crippen LogP contribution in [0.2, 0.25) is 0 Å². The summed E-state index contributed by atoms with van der Waals surface area (Å²) in [6, 6.07) is 4.94. The van der Waals surface area contributed by atoms with Crippen molar-refractivity contribution in [2.24, 2.45) is 5.73 Å². The molecule has 0 spiro atoms. The molecule has 1 aromatic rings. The van der Waals surface area contributed by atoms with Gasteiger partial charge in [0.15, 0.2) is 0 Å². The summed E-state index contributed by atoms with van der Waals surface area (Å²) in [5, 5.41) is 0. The molecule has 1 rings (SSSR count). The monoisotopic (exact) mass is 254 g/mol. The van der Waals surface area contributed by atoms with Crippen molar-refractivity contribution < 1.29 is 9.13 Å². The number of ether oxygens (including phenoxy) is 1. The molecular weight excluding hydrogens is 231 g/mol. The largest absolute Gasteiger partial charge is 0.383 e. The Morgan fingerprint density at radius 1 is 1.39 bits per heavy atom. The maximum absolute atomic E-state index is 13.9. The molecule has 1 aromatic carbocycles. The van der Waals surface area contributed by atoms with Crippen LogP contribution in [0.4, 0.5) is 10.1 Å². The molecule has 0 aliphatic heterocycles. The van der Waals surface area contributed by atoms with E-state index < -0.39 is 0 Å². The summed E-state index contributed by atoms with van der Waals surface area (Å²) in [5.74, 6) is -0.245. The Balaban J connectivity index is 3.16. The molecule has 0 heterocycles. The van der Waals surface area contributed by atoms with E-state index >= 15 is 0 Å². The summed E-state index contributed by atoms with van der Waals surface area (Å²) in [4.78, 5) is 2.12. The molecule has 0 saturated carbocycles. The quantitative estimate of drug-likeness (QED) is 0.848. The predicted octanol–water partition coefficient (Wildman–Crippen LogP) is 2.71. The van der Waals surface area contributed by atoms with E-state index in [0.29, 0.717) is 12.2 Å². The molecular formula is C14H23FN2O.